The van der Waals surface area contributed by atoms with E-state index in [9.17, 15) is 13.2 Å². The third-order valence-electron chi connectivity index (χ3n) is 3.81. The lowest BCUT2D eigenvalue weighted by Crippen LogP contribution is -2.38. The van der Waals surface area contributed by atoms with Gasteiger partial charge in [0.2, 0.25) is 5.91 Å². The van der Waals surface area contributed by atoms with Crippen molar-refractivity contribution in [1.29, 1.82) is 0 Å². The number of nitrogens with one attached hydrogen (secondary N) is 1. The van der Waals surface area contributed by atoms with Crippen molar-refractivity contribution in [3.8, 4) is 0 Å². The zero-order chi connectivity index (χ0) is 15.7. The molecule has 0 spiro atoms. The van der Waals surface area contributed by atoms with Crippen LogP contribution >= 0.6 is 11.3 Å². The summed E-state index contributed by atoms with van der Waals surface area (Å²) in [5.74, 6) is -0.457. The molecule has 1 aliphatic rings. The van der Waals surface area contributed by atoms with E-state index in [-0.39, 0.29) is 23.5 Å². The highest BCUT2D eigenvalue weighted by Gasteiger charge is 2.33. The van der Waals surface area contributed by atoms with Crippen LogP contribution in [0, 0.1) is 5.92 Å². The van der Waals surface area contributed by atoms with Crippen molar-refractivity contribution in [2.45, 2.75) is 25.8 Å². The lowest BCUT2D eigenvalue weighted by atomic mass is 10.1. The normalized spacial score (nSPS) is 21.8. The summed E-state index contributed by atoms with van der Waals surface area (Å²) in [4.78, 5) is 16.7. The van der Waals surface area contributed by atoms with E-state index in [0.717, 1.165) is 15.2 Å². The molecule has 118 valence electrons. The maximum Gasteiger partial charge on any atom is 0.224 e. The van der Waals surface area contributed by atoms with Gasteiger partial charge >= 0.3 is 0 Å². The molecule has 2 aromatic rings. The van der Waals surface area contributed by atoms with E-state index >= 15 is 0 Å². The third-order valence-corrected chi connectivity index (χ3v) is 6.64. The minimum atomic E-state index is -3.02. The highest BCUT2D eigenvalue weighted by atomic mass is 32.2. The standard InChI is InChI=1S/C15H18N2O3S2/c1-10(16-15(18)11-6-7-22(19,20)9-11)8-14-17-12-4-2-3-5-13(12)21-14/h2-5,10-11H,6-9H2,1H3,(H,16,18). The molecular formula is C15H18N2O3S2. The predicted octanol–water partition coefficient (Wildman–Crippen LogP) is 1.78. The summed E-state index contributed by atoms with van der Waals surface area (Å²) in [6.07, 6.45) is 1.09. The van der Waals surface area contributed by atoms with Gasteiger partial charge in [-0.3, -0.25) is 4.79 Å². The average Bonchev–Trinajstić information content (AvgIpc) is 3.00. The monoisotopic (exact) mass is 338 g/mol. The molecule has 1 N–H and O–H groups in total. The number of amides is 1. The van der Waals surface area contributed by atoms with Crippen LogP contribution in [0.3, 0.4) is 0 Å². The largest absolute Gasteiger partial charge is 0.353 e. The fourth-order valence-corrected chi connectivity index (χ4v) is 5.52. The van der Waals surface area contributed by atoms with Crippen LogP contribution < -0.4 is 5.32 Å². The van der Waals surface area contributed by atoms with Crippen molar-refractivity contribution >= 4 is 37.3 Å². The number of thiazole rings is 1. The van der Waals surface area contributed by atoms with E-state index in [4.69, 9.17) is 0 Å². The zero-order valence-electron chi connectivity index (χ0n) is 12.3. The smallest absolute Gasteiger partial charge is 0.224 e. The van der Waals surface area contributed by atoms with E-state index in [2.05, 4.69) is 10.3 Å². The Morgan fingerprint density at radius 3 is 2.91 bits per heavy atom. The molecule has 3 rings (SSSR count). The molecule has 2 atom stereocenters. The van der Waals surface area contributed by atoms with E-state index in [1.54, 1.807) is 11.3 Å². The molecule has 2 heterocycles. The van der Waals surface area contributed by atoms with Crippen LogP contribution in [-0.2, 0) is 21.1 Å². The molecule has 0 aliphatic carbocycles. The molecule has 1 aromatic heterocycles. The minimum Gasteiger partial charge on any atom is -0.353 e. The molecule has 7 heteroatoms. The molecule has 1 amide bonds. The highest BCUT2D eigenvalue weighted by molar-refractivity contribution is 7.91. The van der Waals surface area contributed by atoms with Crippen LogP contribution in [0.15, 0.2) is 24.3 Å². The van der Waals surface area contributed by atoms with E-state index < -0.39 is 15.8 Å². The van der Waals surface area contributed by atoms with Gasteiger partial charge in [0.1, 0.15) is 0 Å². The van der Waals surface area contributed by atoms with Gasteiger partial charge in [-0.25, -0.2) is 13.4 Å². The first-order valence-electron chi connectivity index (χ1n) is 7.28. The fraction of sp³-hybridized carbons (Fsp3) is 0.467. The second-order valence-electron chi connectivity index (χ2n) is 5.79. The van der Waals surface area contributed by atoms with Crippen molar-refractivity contribution in [2.24, 2.45) is 5.92 Å². The Hall–Kier alpha value is -1.47. The number of aromatic nitrogens is 1. The lowest BCUT2D eigenvalue weighted by molar-refractivity contribution is -0.124. The third kappa shape index (κ3) is 3.47. The summed E-state index contributed by atoms with van der Waals surface area (Å²) in [5.41, 5.74) is 0.975. The SMILES string of the molecule is CC(Cc1nc2ccccc2s1)NC(=O)C1CCS(=O)(=O)C1. The van der Waals surface area contributed by atoms with Crippen molar-refractivity contribution in [1.82, 2.24) is 10.3 Å². The van der Waals surface area contributed by atoms with Crippen LogP contribution in [0.5, 0.6) is 0 Å². The second-order valence-corrected chi connectivity index (χ2v) is 9.13. The van der Waals surface area contributed by atoms with Gasteiger partial charge in [0.05, 0.1) is 32.6 Å². The molecule has 2 unspecified atom stereocenters. The van der Waals surface area contributed by atoms with Gasteiger partial charge < -0.3 is 5.32 Å². The van der Waals surface area contributed by atoms with Gasteiger partial charge in [0, 0.05) is 12.5 Å². The fourth-order valence-electron chi connectivity index (χ4n) is 2.68. The van der Waals surface area contributed by atoms with Gasteiger partial charge in [-0.05, 0) is 25.5 Å². The van der Waals surface area contributed by atoms with Gasteiger partial charge in [-0.2, -0.15) is 0 Å². The Kier molecular flexibility index (Phi) is 4.18. The Morgan fingerprint density at radius 2 is 2.23 bits per heavy atom. The van der Waals surface area contributed by atoms with Gasteiger partial charge in [0.15, 0.2) is 9.84 Å². The first-order valence-corrected chi connectivity index (χ1v) is 9.92. The molecule has 1 aromatic carbocycles. The number of hydrogen-bond acceptors (Lipinski definition) is 5. The molecule has 0 saturated carbocycles. The Bertz CT molecular complexity index is 765. The Balaban J connectivity index is 1.60. The van der Waals surface area contributed by atoms with Crippen molar-refractivity contribution in [2.75, 3.05) is 11.5 Å². The van der Waals surface area contributed by atoms with Gasteiger partial charge in [-0.1, -0.05) is 12.1 Å². The first-order chi connectivity index (χ1) is 10.4. The summed E-state index contributed by atoms with van der Waals surface area (Å²) >= 11 is 1.63. The Morgan fingerprint density at radius 1 is 1.45 bits per heavy atom. The highest BCUT2D eigenvalue weighted by Crippen LogP contribution is 2.23. The summed E-state index contributed by atoms with van der Waals surface area (Å²) in [5, 5.41) is 3.90. The summed E-state index contributed by atoms with van der Waals surface area (Å²) in [6, 6.07) is 7.88. The molecule has 1 saturated heterocycles. The van der Waals surface area contributed by atoms with Crippen LogP contribution in [0.2, 0.25) is 0 Å². The van der Waals surface area contributed by atoms with Gasteiger partial charge in [0.25, 0.3) is 0 Å². The number of para-hydroxylation sites is 1. The van der Waals surface area contributed by atoms with Crippen LogP contribution in [0.1, 0.15) is 18.4 Å². The first kappa shape index (κ1) is 15.4. The number of nitrogens with zero attached hydrogens (tertiary/aromatic N) is 1. The maximum absolute atomic E-state index is 12.1. The van der Waals surface area contributed by atoms with Crippen LogP contribution in [0.4, 0.5) is 0 Å². The number of carbonyl (C=O) groups excluding carboxylic acids is 1. The minimum absolute atomic E-state index is 0.0211. The molecule has 1 fully saturated rings. The topological polar surface area (TPSA) is 76.1 Å². The molecule has 5 nitrogen and oxygen atoms in total. The zero-order valence-corrected chi connectivity index (χ0v) is 13.9. The number of sulfone groups is 1. The Labute approximate surface area is 133 Å². The molecular weight excluding hydrogens is 320 g/mol. The number of rotatable bonds is 4. The predicted molar refractivity (Wildman–Crippen MR) is 87.7 cm³/mol. The maximum atomic E-state index is 12.1. The quantitative estimate of drug-likeness (QED) is 0.922. The lowest BCUT2D eigenvalue weighted by Gasteiger charge is -2.15. The number of hydrogen-bond donors (Lipinski definition) is 1. The molecule has 0 bridgehead atoms. The van der Waals surface area contributed by atoms with E-state index in [0.29, 0.717) is 12.8 Å². The average molecular weight is 338 g/mol. The molecule has 1 aliphatic heterocycles. The van der Waals surface area contributed by atoms with Crippen LogP contribution in [-0.4, -0.2) is 36.9 Å². The summed E-state index contributed by atoms with van der Waals surface area (Å²) < 4.78 is 24.0. The number of fused-ring (bicyclic) bond motifs is 1. The van der Waals surface area contributed by atoms with E-state index in [1.165, 1.54) is 0 Å². The van der Waals surface area contributed by atoms with Crippen LogP contribution in [0.25, 0.3) is 10.2 Å². The number of benzene rings is 1. The molecule has 0 radical (unpaired) electrons. The summed E-state index contributed by atoms with van der Waals surface area (Å²) in [7, 11) is -3.02. The van der Waals surface area contributed by atoms with Gasteiger partial charge in [-0.15, -0.1) is 11.3 Å². The van der Waals surface area contributed by atoms with E-state index in [1.807, 2.05) is 31.2 Å². The van der Waals surface area contributed by atoms with Crippen molar-refractivity contribution in [3.05, 3.63) is 29.3 Å². The van der Waals surface area contributed by atoms with Crippen molar-refractivity contribution in [3.63, 3.8) is 0 Å². The summed E-state index contributed by atoms with van der Waals surface area (Å²) in [6.45, 7) is 1.92. The van der Waals surface area contributed by atoms with Crippen molar-refractivity contribution < 1.29 is 13.2 Å². The number of carbonyl (C=O) groups is 1. The molecule has 22 heavy (non-hydrogen) atoms. The second kappa shape index (κ2) is 5.96.